The van der Waals surface area contributed by atoms with E-state index in [0.717, 1.165) is 44.8 Å². The molecule has 6 nitrogen and oxygen atoms in total. The minimum absolute atomic E-state index is 0.501. The van der Waals surface area contributed by atoms with Crippen molar-refractivity contribution in [2.24, 2.45) is 0 Å². The number of nitrogens with zero attached hydrogens (tertiary/aromatic N) is 6. The highest BCUT2D eigenvalue weighted by Crippen LogP contribution is 2.13. The monoisotopic (exact) mass is 290 g/mol. The van der Waals surface area contributed by atoms with Gasteiger partial charge in [0.05, 0.1) is 23.5 Å². The van der Waals surface area contributed by atoms with E-state index in [4.69, 9.17) is 16.9 Å². The van der Waals surface area contributed by atoms with E-state index >= 15 is 0 Å². The first-order valence-electron chi connectivity index (χ1n) is 6.62. The summed E-state index contributed by atoms with van der Waals surface area (Å²) in [6.07, 6.45) is 4.52. The average Bonchev–Trinajstić information content (AvgIpc) is 2.98. The fraction of sp³-hybridized carbons (Fsp3) is 0.462. The molecule has 7 heteroatoms. The van der Waals surface area contributed by atoms with Crippen LogP contribution < -0.4 is 0 Å². The molecule has 0 radical (unpaired) electrons. The van der Waals surface area contributed by atoms with Gasteiger partial charge in [0.25, 0.3) is 0 Å². The lowest BCUT2D eigenvalue weighted by molar-refractivity contribution is 0.254. The van der Waals surface area contributed by atoms with Crippen LogP contribution in [0.1, 0.15) is 17.8 Å². The third-order valence-corrected chi connectivity index (χ3v) is 3.65. The first-order chi connectivity index (χ1) is 9.74. The summed E-state index contributed by atoms with van der Waals surface area (Å²) >= 11 is 5.85. The highest BCUT2D eigenvalue weighted by molar-refractivity contribution is 6.30. The molecule has 0 fully saturated rings. The quantitative estimate of drug-likeness (QED) is 0.860. The van der Waals surface area contributed by atoms with E-state index in [-0.39, 0.29) is 0 Å². The predicted octanol–water partition coefficient (Wildman–Crippen LogP) is 1.51. The summed E-state index contributed by atoms with van der Waals surface area (Å²) in [5.41, 5.74) is 1.61. The van der Waals surface area contributed by atoms with Gasteiger partial charge in [0.15, 0.2) is 5.69 Å². The van der Waals surface area contributed by atoms with Crippen LogP contribution in [0.2, 0.25) is 5.02 Å². The molecule has 0 saturated carbocycles. The number of aryl methyl sites for hydroxylation is 1. The Morgan fingerprint density at radius 1 is 1.35 bits per heavy atom. The Bertz CT molecular complexity index is 638. The average molecular weight is 291 g/mol. The fourth-order valence-corrected chi connectivity index (χ4v) is 2.63. The van der Waals surface area contributed by atoms with Gasteiger partial charge in [-0.2, -0.15) is 15.5 Å². The molecule has 0 spiro atoms. The summed E-state index contributed by atoms with van der Waals surface area (Å²) in [5.74, 6) is 0. The van der Waals surface area contributed by atoms with Crippen molar-refractivity contribution in [2.45, 2.75) is 26.1 Å². The zero-order chi connectivity index (χ0) is 13.9. The molecule has 0 atom stereocenters. The number of fused-ring (bicyclic) bond motifs is 1. The van der Waals surface area contributed by atoms with Crippen LogP contribution in [0.5, 0.6) is 0 Å². The third kappa shape index (κ3) is 2.84. The van der Waals surface area contributed by atoms with E-state index in [1.807, 2.05) is 21.6 Å². The van der Waals surface area contributed by atoms with E-state index < -0.39 is 0 Å². The van der Waals surface area contributed by atoms with Gasteiger partial charge in [0, 0.05) is 32.4 Å². The third-order valence-electron chi connectivity index (χ3n) is 3.45. The van der Waals surface area contributed by atoms with Crippen molar-refractivity contribution >= 4 is 11.6 Å². The molecule has 0 unspecified atom stereocenters. The fourth-order valence-electron chi connectivity index (χ4n) is 2.48. The zero-order valence-electron chi connectivity index (χ0n) is 11.0. The first-order valence-corrected chi connectivity index (χ1v) is 6.99. The van der Waals surface area contributed by atoms with Gasteiger partial charge in [-0.25, -0.2) is 0 Å². The highest BCUT2D eigenvalue weighted by Gasteiger charge is 2.16. The maximum atomic E-state index is 8.91. The minimum Gasteiger partial charge on any atom is -0.296 e. The maximum absolute atomic E-state index is 8.91. The molecule has 20 heavy (non-hydrogen) atoms. The summed E-state index contributed by atoms with van der Waals surface area (Å²) in [6, 6.07) is 3.98. The molecule has 0 amide bonds. The van der Waals surface area contributed by atoms with Gasteiger partial charge in [-0.15, -0.1) is 0 Å². The largest absolute Gasteiger partial charge is 0.296 e. The normalized spacial score (nSPS) is 15.6. The number of nitriles is 1. The Morgan fingerprint density at radius 3 is 3.00 bits per heavy atom. The lowest BCUT2D eigenvalue weighted by Gasteiger charge is -2.19. The van der Waals surface area contributed by atoms with E-state index in [1.165, 1.54) is 0 Å². The molecular formula is C13H15ClN6. The molecule has 1 aliphatic rings. The van der Waals surface area contributed by atoms with Crippen LogP contribution in [0, 0.1) is 11.3 Å². The van der Waals surface area contributed by atoms with E-state index in [1.54, 1.807) is 6.20 Å². The molecule has 0 bridgehead atoms. The molecule has 0 N–H and O–H groups in total. The molecule has 2 aromatic rings. The van der Waals surface area contributed by atoms with Crippen molar-refractivity contribution in [3.63, 3.8) is 0 Å². The van der Waals surface area contributed by atoms with Crippen LogP contribution in [-0.4, -0.2) is 37.6 Å². The van der Waals surface area contributed by atoms with Gasteiger partial charge in [0.2, 0.25) is 0 Å². The number of hydrogen-bond donors (Lipinski definition) is 0. The van der Waals surface area contributed by atoms with Gasteiger partial charge in [0.1, 0.15) is 6.07 Å². The Balaban J connectivity index is 1.64. The molecule has 0 aromatic carbocycles. The molecule has 0 saturated heterocycles. The Morgan fingerprint density at radius 2 is 2.25 bits per heavy atom. The molecule has 0 aliphatic carbocycles. The number of aromatic nitrogens is 4. The van der Waals surface area contributed by atoms with Crippen LogP contribution in [0.3, 0.4) is 0 Å². The Hall–Kier alpha value is -1.84. The molecular weight excluding hydrogens is 276 g/mol. The number of halogens is 1. The van der Waals surface area contributed by atoms with Crippen molar-refractivity contribution in [1.82, 2.24) is 24.5 Å². The lowest BCUT2D eigenvalue weighted by Crippen LogP contribution is -2.27. The maximum Gasteiger partial charge on any atom is 0.162 e. The predicted molar refractivity (Wildman–Crippen MR) is 74.1 cm³/mol. The molecule has 1 aliphatic heterocycles. The van der Waals surface area contributed by atoms with Crippen LogP contribution in [0.15, 0.2) is 18.5 Å². The Kier molecular flexibility index (Phi) is 3.72. The number of rotatable bonds is 3. The van der Waals surface area contributed by atoms with Crippen molar-refractivity contribution in [1.29, 1.82) is 5.26 Å². The first kappa shape index (κ1) is 13.2. The topological polar surface area (TPSA) is 62.7 Å². The van der Waals surface area contributed by atoms with Gasteiger partial charge in [-0.3, -0.25) is 14.3 Å². The molecule has 2 aromatic heterocycles. The second-order valence-corrected chi connectivity index (χ2v) is 5.34. The van der Waals surface area contributed by atoms with Crippen molar-refractivity contribution in [3.05, 3.63) is 34.9 Å². The SMILES string of the molecule is N#Cc1cc2n(n1)CCCN(CCn1cc(Cl)cn1)C2. The van der Waals surface area contributed by atoms with Crippen molar-refractivity contribution in [2.75, 3.05) is 13.1 Å². The second kappa shape index (κ2) is 5.65. The van der Waals surface area contributed by atoms with Crippen molar-refractivity contribution in [3.8, 4) is 6.07 Å². The van der Waals surface area contributed by atoms with Gasteiger partial charge >= 0.3 is 0 Å². The van der Waals surface area contributed by atoms with Crippen molar-refractivity contribution < 1.29 is 0 Å². The van der Waals surface area contributed by atoms with Gasteiger partial charge in [-0.1, -0.05) is 11.6 Å². The van der Waals surface area contributed by atoms with E-state index in [0.29, 0.717) is 10.7 Å². The molecule has 3 rings (SSSR count). The van der Waals surface area contributed by atoms with E-state index in [9.17, 15) is 0 Å². The van der Waals surface area contributed by atoms with Crippen LogP contribution in [-0.2, 0) is 19.6 Å². The standard InChI is InChI=1S/C13H15ClN6/c14-11-8-16-19(9-11)5-4-18-2-1-3-20-13(10-18)6-12(7-15)17-20/h6,8-9H,1-5,10H2. The summed E-state index contributed by atoms with van der Waals surface area (Å²) in [5, 5.41) is 18.0. The minimum atomic E-state index is 0.501. The highest BCUT2D eigenvalue weighted by atomic mass is 35.5. The summed E-state index contributed by atoms with van der Waals surface area (Å²) in [4.78, 5) is 2.36. The van der Waals surface area contributed by atoms with Crippen LogP contribution >= 0.6 is 11.6 Å². The zero-order valence-corrected chi connectivity index (χ0v) is 11.8. The molecule has 3 heterocycles. The second-order valence-electron chi connectivity index (χ2n) is 4.91. The summed E-state index contributed by atoms with van der Waals surface area (Å²) in [6.45, 7) is 4.45. The lowest BCUT2D eigenvalue weighted by atomic mass is 10.3. The van der Waals surface area contributed by atoms with E-state index in [2.05, 4.69) is 21.2 Å². The summed E-state index contributed by atoms with van der Waals surface area (Å²) in [7, 11) is 0. The van der Waals surface area contributed by atoms with Crippen LogP contribution in [0.25, 0.3) is 0 Å². The number of hydrogen-bond acceptors (Lipinski definition) is 4. The van der Waals surface area contributed by atoms with Gasteiger partial charge < -0.3 is 0 Å². The summed E-state index contributed by atoms with van der Waals surface area (Å²) < 4.78 is 3.80. The smallest absolute Gasteiger partial charge is 0.162 e. The van der Waals surface area contributed by atoms with Crippen LogP contribution in [0.4, 0.5) is 0 Å². The Labute approximate surface area is 122 Å². The molecule has 104 valence electrons. The van der Waals surface area contributed by atoms with Gasteiger partial charge in [-0.05, 0) is 12.5 Å².